The van der Waals surface area contributed by atoms with Gasteiger partial charge in [0.15, 0.2) is 0 Å². The van der Waals surface area contributed by atoms with Gasteiger partial charge in [0.2, 0.25) is 0 Å². The van der Waals surface area contributed by atoms with E-state index in [4.69, 9.17) is 16.3 Å². The van der Waals surface area contributed by atoms with Crippen LogP contribution in [0.25, 0.3) is 0 Å². The lowest BCUT2D eigenvalue weighted by Gasteiger charge is -2.36. The Morgan fingerprint density at radius 3 is 2.58 bits per heavy atom. The molecule has 0 unspecified atom stereocenters. The second kappa shape index (κ2) is 10.0. The Morgan fingerprint density at radius 2 is 1.85 bits per heavy atom. The second-order valence-corrected chi connectivity index (χ2v) is 7.55. The van der Waals surface area contributed by atoms with E-state index < -0.39 is 0 Å². The number of nitrogens with one attached hydrogen (secondary N) is 1. The normalized spacial score (nSPS) is 18.8. The summed E-state index contributed by atoms with van der Waals surface area (Å²) in [6.07, 6.45) is 7.65. The first kappa shape index (κ1) is 19.3. The third kappa shape index (κ3) is 5.52. The number of nitrogens with zero attached hydrogens (tertiary/aromatic N) is 2. The van der Waals surface area contributed by atoms with Gasteiger partial charge in [-0.05, 0) is 31.4 Å². The number of urea groups is 1. The van der Waals surface area contributed by atoms with Gasteiger partial charge in [0.25, 0.3) is 0 Å². The van der Waals surface area contributed by atoms with Crippen LogP contribution in [-0.4, -0.2) is 56.4 Å². The first-order chi connectivity index (χ1) is 12.7. The Hall–Kier alpha value is -1.46. The molecular formula is C20H30ClN3O2. The van der Waals surface area contributed by atoms with Crippen LogP contribution in [0.2, 0.25) is 5.02 Å². The molecule has 1 aromatic rings. The van der Waals surface area contributed by atoms with Crippen LogP contribution >= 0.6 is 11.6 Å². The maximum Gasteiger partial charge on any atom is 0.317 e. The molecule has 1 aromatic carbocycles. The molecule has 6 heteroatoms. The van der Waals surface area contributed by atoms with Crippen molar-refractivity contribution in [3.05, 3.63) is 29.3 Å². The lowest BCUT2D eigenvalue weighted by atomic mass is 9.98. The molecule has 1 aliphatic carbocycles. The Morgan fingerprint density at radius 1 is 1.12 bits per heavy atom. The van der Waals surface area contributed by atoms with Crippen molar-refractivity contribution in [1.82, 2.24) is 10.2 Å². The molecular weight excluding hydrogens is 350 g/mol. The number of carbonyl (C=O) groups excluding carboxylic acids is 1. The SMILES string of the molecule is O=C(NCCCOC1CCCCC1)N1CCN(c2ccccc2Cl)CC1. The summed E-state index contributed by atoms with van der Waals surface area (Å²) in [5.41, 5.74) is 1.05. The molecule has 144 valence electrons. The molecule has 5 nitrogen and oxygen atoms in total. The van der Waals surface area contributed by atoms with E-state index in [-0.39, 0.29) is 6.03 Å². The van der Waals surface area contributed by atoms with Crippen LogP contribution < -0.4 is 10.2 Å². The summed E-state index contributed by atoms with van der Waals surface area (Å²) in [6, 6.07) is 7.90. The van der Waals surface area contributed by atoms with E-state index in [1.54, 1.807) is 0 Å². The zero-order chi connectivity index (χ0) is 18.2. The summed E-state index contributed by atoms with van der Waals surface area (Å²) in [6.45, 7) is 4.47. The van der Waals surface area contributed by atoms with Crippen LogP contribution in [0.1, 0.15) is 38.5 Å². The zero-order valence-electron chi connectivity index (χ0n) is 15.5. The fourth-order valence-corrected chi connectivity index (χ4v) is 3.97. The Labute approximate surface area is 161 Å². The highest BCUT2D eigenvalue weighted by atomic mass is 35.5. The number of hydrogen-bond acceptors (Lipinski definition) is 3. The van der Waals surface area contributed by atoms with Crippen LogP contribution in [0.15, 0.2) is 24.3 Å². The maximum atomic E-state index is 12.3. The third-order valence-electron chi connectivity index (χ3n) is 5.26. The Kier molecular flexibility index (Phi) is 7.44. The number of para-hydroxylation sites is 1. The standard InChI is InChI=1S/C20H30ClN3O2/c21-18-9-4-5-10-19(18)23-12-14-24(15-13-23)20(25)22-11-6-16-26-17-7-2-1-3-8-17/h4-5,9-10,17H,1-3,6-8,11-16H2,(H,22,25). The van der Waals surface area contributed by atoms with E-state index in [1.807, 2.05) is 29.2 Å². The lowest BCUT2D eigenvalue weighted by Crippen LogP contribution is -2.52. The second-order valence-electron chi connectivity index (χ2n) is 7.14. The molecule has 0 aromatic heterocycles. The number of rotatable bonds is 6. The average molecular weight is 380 g/mol. The molecule has 1 saturated heterocycles. The molecule has 0 radical (unpaired) electrons. The number of carbonyl (C=O) groups is 1. The smallest absolute Gasteiger partial charge is 0.317 e. The van der Waals surface area contributed by atoms with E-state index in [1.165, 1.54) is 32.1 Å². The quantitative estimate of drug-likeness (QED) is 0.762. The minimum atomic E-state index is 0.0291. The van der Waals surface area contributed by atoms with Gasteiger partial charge in [-0.25, -0.2) is 4.79 Å². The summed E-state index contributed by atoms with van der Waals surface area (Å²) in [5.74, 6) is 0. The van der Waals surface area contributed by atoms with E-state index in [0.717, 1.165) is 49.9 Å². The third-order valence-corrected chi connectivity index (χ3v) is 5.58. The molecule has 2 fully saturated rings. The highest BCUT2D eigenvalue weighted by Crippen LogP contribution is 2.26. The fraction of sp³-hybridized carbons (Fsp3) is 0.650. The number of anilines is 1. The molecule has 1 aliphatic heterocycles. The van der Waals surface area contributed by atoms with Crippen molar-refractivity contribution in [1.29, 1.82) is 0 Å². The molecule has 0 spiro atoms. The predicted molar refractivity (Wildman–Crippen MR) is 106 cm³/mol. The van der Waals surface area contributed by atoms with Gasteiger partial charge >= 0.3 is 6.03 Å². The minimum absolute atomic E-state index is 0.0291. The van der Waals surface area contributed by atoms with Crippen molar-refractivity contribution in [3.63, 3.8) is 0 Å². The first-order valence-corrected chi connectivity index (χ1v) is 10.3. The van der Waals surface area contributed by atoms with E-state index in [0.29, 0.717) is 12.6 Å². The topological polar surface area (TPSA) is 44.8 Å². The summed E-state index contributed by atoms with van der Waals surface area (Å²) in [4.78, 5) is 16.4. The first-order valence-electron chi connectivity index (χ1n) is 9.88. The van der Waals surface area contributed by atoms with Crippen LogP contribution in [-0.2, 0) is 4.74 Å². The maximum absolute atomic E-state index is 12.3. The highest BCUT2D eigenvalue weighted by molar-refractivity contribution is 6.33. The van der Waals surface area contributed by atoms with Gasteiger partial charge in [0.1, 0.15) is 0 Å². The summed E-state index contributed by atoms with van der Waals surface area (Å²) in [7, 11) is 0. The number of benzene rings is 1. The van der Waals surface area contributed by atoms with Crippen LogP contribution in [0, 0.1) is 0 Å². The van der Waals surface area contributed by atoms with Crippen molar-refractivity contribution in [2.24, 2.45) is 0 Å². The van der Waals surface area contributed by atoms with Crippen LogP contribution in [0.5, 0.6) is 0 Å². The van der Waals surface area contributed by atoms with E-state index in [2.05, 4.69) is 10.2 Å². The Bertz CT molecular complexity index is 570. The average Bonchev–Trinajstić information content (AvgIpc) is 2.69. The molecule has 0 atom stereocenters. The summed E-state index contributed by atoms with van der Waals surface area (Å²) >= 11 is 6.26. The molecule has 26 heavy (non-hydrogen) atoms. The number of piperazine rings is 1. The molecule has 1 heterocycles. The molecule has 1 N–H and O–H groups in total. The lowest BCUT2D eigenvalue weighted by molar-refractivity contribution is 0.0274. The number of amides is 2. The van der Waals surface area contributed by atoms with Gasteiger partial charge in [-0.15, -0.1) is 0 Å². The minimum Gasteiger partial charge on any atom is -0.378 e. The number of ether oxygens (including phenoxy) is 1. The van der Waals surface area contributed by atoms with E-state index >= 15 is 0 Å². The Balaban J connectivity index is 1.30. The molecule has 0 bridgehead atoms. The van der Waals surface area contributed by atoms with Crippen molar-refractivity contribution in [3.8, 4) is 0 Å². The van der Waals surface area contributed by atoms with Crippen molar-refractivity contribution < 1.29 is 9.53 Å². The number of hydrogen-bond donors (Lipinski definition) is 1. The molecule has 2 amide bonds. The highest BCUT2D eigenvalue weighted by Gasteiger charge is 2.22. The van der Waals surface area contributed by atoms with Gasteiger partial charge in [-0.1, -0.05) is 43.0 Å². The van der Waals surface area contributed by atoms with Gasteiger partial charge < -0.3 is 19.9 Å². The van der Waals surface area contributed by atoms with Gasteiger partial charge in [-0.3, -0.25) is 0 Å². The van der Waals surface area contributed by atoms with Gasteiger partial charge in [-0.2, -0.15) is 0 Å². The monoisotopic (exact) mass is 379 g/mol. The van der Waals surface area contributed by atoms with Crippen molar-refractivity contribution in [2.45, 2.75) is 44.6 Å². The fourth-order valence-electron chi connectivity index (χ4n) is 3.72. The zero-order valence-corrected chi connectivity index (χ0v) is 16.2. The van der Waals surface area contributed by atoms with Crippen LogP contribution in [0.3, 0.4) is 0 Å². The summed E-state index contributed by atoms with van der Waals surface area (Å²) in [5, 5.41) is 3.79. The van der Waals surface area contributed by atoms with Gasteiger partial charge in [0.05, 0.1) is 16.8 Å². The number of halogens is 1. The van der Waals surface area contributed by atoms with Gasteiger partial charge in [0, 0.05) is 39.3 Å². The van der Waals surface area contributed by atoms with E-state index in [9.17, 15) is 4.79 Å². The molecule has 2 aliphatic rings. The van der Waals surface area contributed by atoms with Crippen molar-refractivity contribution in [2.75, 3.05) is 44.2 Å². The van der Waals surface area contributed by atoms with Crippen molar-refractivity contribution >= 4 is 23.3 Å². The summed E-state index contributed by atoms with van der Waals surface area (Å²) < 4.78 is 5.90. The largest absolute Gasteiger partial charge is 0.378 e. The molecule has 3 rings (SSSR count). The predicted octanol–water partition coefficient (Wildman–Crippen LogP) is 3.91. The van der Waals surface area contributed by atoms with Crippen LogP contribution in [0.4, 0.5) is 10.5 Å². The molecule has 1 saturated carbocycles.